The number of hydrogen-bond donors (Lipinski definition) is 3. The molecular weight excluding hydrogens is 638 g/mol. The number of amides is 3. The van der Waals surface area contributed by atoms with Gasteiger partial charge in [0.2, 0.25) is 17.7 Å². The van der Waals surface area contributed by atoms with Crippen LogP contribution in [0.1, 0.15) is 75.3 Å². The van der Waals surface area contributed by atoms with Crippen LogP contribution >= 0.6 is 0 Å². The standard InChI is InChI=1S/C36H49N9O5/c1-23-20-24-21-29(38-23)25-22-37-44(7)33(25)49-19-12-8-10-18-45-30-26(15-13-16-27(30)40-34(45)42-31(24)46)39-32(47)28(14-9-11-17-43(5)6)41-35(48)50-36(2,3)4/h13,15-16,20-22,28H,8-12,14,17-19H2,1-7H3,(H,39,47)(H,41,48)(H,40,42,46). The summed E-state index contributed by atoms with van der Waals surface area (Å²) >= 11 is 0. The van der Waals surface area contributed by atoms with Crippen molar-refractivity contribution in [3.05, 3.63) is 47.8 Å². The largest absolute Gasteiger partial charge is 0.477 e. The predicted octanol–water partition coefficient (Wildman–Crippen LogP) is 5.52. The van der Waals surface area contributed by atoms with Gasteiger partial charge >= 0.3 is 6.09 Å². The number of nitrogens with zero attached hydrogens (tertiary/aromatic N) is 6. The Bertz CT molecular complexity index is 1840. The molecule has 14 heteroatoms. The van der Waals surface area contributed by atoms with Gasteiger partial charge < -0.3 is 29.6 Å². The molecule has 3 aromatic heterocycles. The number of alkyl carbamates (subject to hydrolysis) is 1. The lowest BCUT2D eigenvalue weighted by molar-refractivity contribution is -0.118. The molecule has 0 saturated heterocycles. The lowest BCUT2D eigenvalue weighted by Crippen LogP contribution is -2.45. The normalized spacial score (nSPS) is 14.4. The number of ether oxygens (including phenoxy) is 2. The fraction of sp³-hybridized carbons (Fsp3) is 0.500. The summed E-state index contributed by atoms with van der Waals surface area (Å²) in [6.07, 6.45) is 5.47. The molecule has 2 bridgehead atoms. The van der Waals surface area contributed by atoms with Gasteiger partial charge in [0.15, 0.2) is 0 Å². The van der Waals surface area contributed by atoms with Gasteiger partial charge in [-0.3, -0.25) is 19.9 Å². The molecule has 0 saturated carbocycles. The zero-order valence-electron chi connectivity index (χ0n) is 30.1. The van der Waals surface area contributed by atoms with E-state index in [9.17, 15) is 14.4 Å². The number of pyridine rings is 1. The van der Waals surface area contributed by atoms with E-state index in [0.29, 0.717) is 70.6 Å². The second-order valence-corrected chi connectivity index (χ2v) is 14.0. The fourth-order valence-electron chi connectivity index (χ4n) is 5.92. The number of anilines is 2. The first-order chi connectivity index (χ1) is 23.8. The van der Waals surface area contributed by atoms with E-state index in [-0.39, 0.29) is 11.8 Å². The highest BCUT2D eigenvalue weighted by Gasteiger charge is 2.26. The van der Waals surface area contributed by atoms with Crippen LogP contribution in [0.3, 0.4) is 0 Å². The van der Waals surface area contributed by atoms with Crippen molar-refractivity contribution in [3.63, 3.8) is 0 Å². The number of hydrogen-bond acceptors (Lipinski definition) is 9. The van der Waals surface area contributed by atoms with Crippen LogP contribution in [0.2, 0.25) is 0 Å². The number of carbonyl (C=O) groups is 3. The fourth-order valence-corrected chi connectivity index (χ4v) is 5.92. The predicted molar refractivity (Wildman–Crippen MR) is 192 cm³/mol. The van der Waals surface area contributed by atoms with Crippen LogP contribution in [0.5, 0.6) is 5.88 Å². The molecule has 1 unspecified atom stereocenters. The maximum Gasteiger partial charge on any atom is 0.408 e. The van der Waals surface area contributed by atoms with Gasteiger partial charge in [-0.1, -0.05) is 6.07 Å². The lowest BCUT2D eigenvalue weighted by Gasteiger charge is -2.23. The number of fused-ring (bicyclic) bond motifs is 7. The molecule has 3 N–H and O–H groups in total. The molecule has 1 aliphatic rings. The monoisotopic (exact) mass is 687 g/mol. The van der Waals surface area contributed by atoms with Crippen LogP contribution in [0.15, 0.2) is 36.5 Å². The molecule has 0 spiro atoms. The number of unbranched alkanes of at least 4 members (excludes halogenated alkanes) is 1. The van der Waals surface area contributed by atoms with Crippen molar-refractivity contribution in [2.45, 2.75) is 84.4 Å². The van der Waals surface area contributed by atoms with Crippen LogP contribution in [-0.2, 0) is 23.1 Å². The summed E-state index contributed by atoms with van der Waals surface area (Å²) in [5, 5.41) is 13.2. The molecule has 268 valence electrons. The summed E-state index contributed by atoms with van der Waals surface area (Å²) in [7, 11) is 5.82. The van der Waals surface area contributed by atoms with Gasteiger partial charge in [0, 0.05) is 24.8 Å². The maximum atomic E-state index is 13.8. The zero-order valence-corrected chi connectivity index (χ0v) is 30.1. The van der Waals surface area contributed by atoms with Crippen molar-refractivity contribution >= 4 is 40.6 Å². The molecule has 5 rings (SSSR count). The summed E-state index contributed by atoms with van der Waals surface area (Å²) in [5.74, 6) is 0.249. The third-order valence-corrected chi connectivity index (χ3v) is 8.25. The Balaban J connectivity index is 1.46. The SMILES string of the molecule is Cc1cc2cc(n1)-c1cnn(C)c1OCCCCCn1c(nc3cccc(NC(=O)C(CCCCN(C)C)NC(=O)OC(C)(C)C)c31)NC2=O. The van der Waals surface area contributed by atoms with Gasteiger partial charge in [-0.2, -0.15) is 5.10 Å². The minimum atomic E-state index is -0.823. The first kappa shape index (κ1) is 36.3. The Kier molecular flexibility index (Phi) is 11.4. The molecule has 1 aliphatic heterocycles. The van der Waals surface area contributed by atoms with E-state index in [0.717, 1.165) is 38.6 Å². The summed E-state index contributed by atoms with van der Waals surface area (Å²) in [6.45, 7) is 9.06. The molecule has 50 heavy (non-hydrogen) atoms. The van der Waals surface area contributed by atoms with Gasteiger partial charge in [0.05, 0.1) is 40.8 Å². The van der Waals surface area contributed by atoms with Crippen molar-refractivity contribution in [2.75, 3.05) is 37.9 Å². The van der Waals surface area contributed by atoms with Crippen LogP contribution in [0.4, 0.5) is 16.4 Å². The van der Waals surface area contributed by atoms with E-state index < -0.39 is 17.7 Å². The summed E-state index contributed by atoms with van der Waals surface area (Å²) in [5.41, 5.74) is 3.47. The second kappa shape index (κ2) is 15.7. The molecular formula is C36H49N9O5. The molecule has 4 heterocycles. The highest BCUT2D eigenvalue weighted by molar-refractivity contribution is 6.07. The number of rotatable bonds is 8. The van der Waals surface area contributed by atoms with E-state index in [2.05, 4.69) is 30.9 Å². The minimum Gasteiger partial charge on any atom is -0.477 e. The van der Waals surface area contributed by atoms with Gasteiger partial charge in [-0.15, -0.1) is 0 Å². The first-order valence-corrected chi connectivity index (χ1v) is 17.2. The maximum absolute atomic E-state index is 13.8. The molecule has 0 aliphatic carbocycles. The Morgan fingerprint density at radius 2 is 1.92 bits per heavy atom. The van der Waals surface area contributed by atoms with E-state index in [1.165, 1.54) is 0 Å². The topological polar surface area (TPSA) is 158 Å². The van der Waals surface area contributed by atoms with Gasteiger partial charge in [0.25, 0.3) is 5.91 Å². The summed E-state index contributed by atoms with van der Waals surface area (Å²) in [4.78, 5) is 51.9. The third kappa shape index (κ3) is 9.17. The number of imidazole rings is 1. The Labute approximate surface area is 292 Å². The van der Waals surface area contributed by atoms with E-state index in [1.54, 1.807) is 49.8 Å². The molecule has 1 aromatic carbocycles. The second-order valence-electron chi connectivity index (χ2n) is 14.0. The Morgan fingerprint density at radius 1 is 1.12 bits per heavy atom. The van der Waals surface area contributed by atoms with Gasteiger partial charge in [-0.25, -0.2) is 14.5 Å². The number of nitrogens with one attached hydrogen (secondary N) is 3. The van der Waals surface area contributed by atoms with E-state index >= 15 is 0 Å². The highest BCUT2D eigenvalue weighted by atomic mass is 16.6. The third-order valence-electron chi connectivity index (χ3n) is 8.25. The van der Waals surface area contributed by atoms with E-state index in [4.69, 9.17) is 14.5 Å². The van der Waals surface area contributed by atoms with E-state index in [1.807, 2.05) is 44.8 Å². The summed E-state index contributed by atoms with van der Waals surface area (Å²) < 4.78 is 15.2. The van der Waals surface area contributed by atoms with Crippen molar-refractivity contribution in [1.29, 1.82) is 0 Å². The molecule has 0 radical (unpaired) electrons. The van der Waals surface area contributed by atoms with Gasteiger partial charge in [0.1, 0.15) is 11.6 Å². The summed E-state index contributed by atoms with van der Waals surface area (Å²) in [6, 6.07) is 8.08. The first-order valence-electron chi connectivity index (χ1n) is 17.2. The minimum absolute atomic E-state index is 0.348. The lowest BCUT2D eigenvalue weighted by atomic mass is 10.1. The van der Waals surface area contributed by atoms with Crippen molar-refractivity contribution < 1.29 is 23.9 Å². The smallest absolute Gasteiger partial charge is 0.408 e. The quantitative estimate of drug-likeness (QED) is 0.203. The average Bonchev–Trinajstić information content (AvgIpc) is 3.58. The average molecular weight is 688 g/mol. The number of carbonyl (C=O) groups excluding carboxylic acids is 3. The molecule has 14 nitrogen and oxygen atoms in total. The molecule has 1 atom stereocenters. The van der Waals surface area contributed by atoms with Crippen LogP contribution in [0.25, 0.3) is 22.3 Å². The Hall–Kier alpha value is -4.98. The van der Waals surface area contributed by atoms with Crippen LogP contribution < -0.4 is 20.7 Å². The highest BCUT2D eigenvalue weighted by Crippen LogP contribution is 2.31. The van der Waals surface area contributed by atoms with Crippen LogP contribution in [-0.4, -0.2) is 86.0 Å². The number of para-hydroxylation sites is 1. The Morgan fingerprint density at radius 3 is 2.68 bits per heavy atom. The van der Waals surface area contributed by atoms with Gasteiger partial charge in [-0.05, 0) is 111 Å². The molecule has 4 aromatic rings. The molecule has 3 amide bonds. The number of aryl methyl sites for hydroxylation is 3. The van der Waals surface area contributed by atoms with Crippen molar-refractivity contribution in [2.24, 2.45) is 7.05 Å². The number of benzene rings is 1. The van der Waals surface area contributed by atoms with Crippen LogP contribution in [0, 0.1) is 6.92 Å². The number of aromatic nitrogens is 5. The zero-order chi connectivity index (χ0) is 36.0. The van der Waals surface area contributed by atoms with Crippen molar-refractivity contribution in [1.82, 2.24) is 34.5 Å². The van der Waals surface area contributed by atoms with Crippen molar-refractivity contribution in [3.8, 4) is 17.1 Å². The molecule has 0 fully saturated rings.